The molecule has 0 fully saturated rings. The van der Waals surface area contributed by atoms with E-state index in [1.54, 1.807) is 0 Å². The number of hydrogen-bond acceptors (Lipinski definition) is 3. The van der Waals surface area contributed by atoms with Gasteiger partial charge in [-0.3, -0.25) is 0 Å². The maximum atomic E-state index is 13.7. The Morgan fingerprint density at radius 2 is 0.724 bits per heavy atom. The van der Waals surface area contributed by atoms with Gasteiger partial charge in [-0.2, -0.15) is 70.2 Å². The van der Waals surface area contributed by atoms with Crippen LogP contribution in [0.1, 0.15) is 0 Å². The van der Waals surface area contributed by atoms with Gasteiger partial charge in [0.25, 0.3) is 5.41 Å². The third-order valence-electron chi connectivity index (χ3n) is 3.30. The van der Waals surface area contributed by atoms with Crippen LogP contribution in [0.3, 0.4) is 0 Å². The lowest BCUT2D eigenvalue weighted by Gasteiger charge is -2.51. The molecule has 0 amide bonds. The lowest BCUT2D eigenvalue weighted by molar-refractivity contribution is -0.513. The van der Waals surface area contributed by atoms with E-state index in [2.05, 4.69) is 0 Å². The minimum absolute atomic E-state index is 8.47. The molecule has 0 bridgehead atoms. The van der Waals surface area contributed by atoms with Crippen molar-refractivity contribution in [3.8, 4) is 0 Å². The molecule has 0 aliphatic heterocycles. The highest BCUT2D eigenvalue weighted by molar-refractivity contribution is 7.86. The first-order chi connectivity index (χ1) is 12.0. The second-order valence-electron chi connectivity index (χ2n) is 4.94. The largest absolute Gasteiger partial charge is 0.743 e. The van der Waals surface area contributed by atoms with Crippen LogP contribution in [0.4, 0.5) is 74.6 Å². The summed E-state index contributed by atoms with van der Waals surface area (Å²) in [5.41, 5.74) is -18.9. The van der Waals surface area contributed by atoms with Gasteiger partial charge in [-0.25, -0.2) is 12.8 Å². The third kappa shape index (κ3) is 3.26. The predicted octanol–water partition coefficient (Wildman–Crippen LogP) is 4.70. The van der Waals surface area contributed by atoms with Crippen molar-refractivity contribution in [3.63, 3.8) is 0 Å². The van der Waals surface area contributed by atoms with Gasteiger partial charge in [0, 0.05) is 0 Å². The molecule has 0 aromatic rings. The Bertz CT molecular complexity index is 692. The van der Waals surface area contributed by atoms with Gasteiger partial charge in [0.2, 0.25) is 0 Å². The monoisotopic (exact) mass is 499 g/mol. The van der Waals surface area contributed by atoms with Crippen molar-refractivity contribution in [1.82, 2.24) is 0 Å². The van der Waals surface area contributed by atoms with E-state index in [1.807, 2.05) is 0 Å². The molecule has 0 rings (SSSR count). The minimum Gasteiger partial charge on any atom is -0.743 e. The van der Waals surface area contributed by atoms with Crippen molar-refractivity contribution >= 4 is 10.1 Å². The maximum Gasteiger partial charge on any atom is 0.433 e. The second-order valence-corrected chi connectivity index (χ2v) is 6.37. The lowest BCUT2D eigenvalue weighted by atomic mass is 9.65. The molecule has 176 valence electrons. The maximum absolute atomic E-state index is 13.7. The van der Waals surface area contributed by atoms with Crippen molar-refractivity contribution in [3.05, 3.63) is 0 Å². The molecular weight excluding hydrogens is 499 g/mol. The summed E-state index contributed by atoms with van der Waals surface area (Å²) in [4.78, 5) is 0. The number of halogens is 17. The second kappa shape index (κ2) is 6.36. The zero-order chi connectivity index (χ0) is 24.5. The summed E-state index contributed by atoms with van der Waals surface area (Å²) in [6.45, 7) is 0. The van der Waals surface area contributed by atoms with Crippen molar-refractivity contribution in [2.75, 3.05) is 0 Å². The zero-order valence-electron chi connectivity index (χ0n) is 12.1. The van der Waals surface area contributed by atoms with E-state index in [0.29, 0.717) is 0 Å². The average molecular weight is 499 g/mol. The van der Waals surface area contributed by atoms with E-state index in [1.165, 1.54) is 0 Å². The Labute approximate surface area is 146 Å². The Morgan fingerprint density at radius 1 is 0.483 bits per heavy atom. The summed E-state index contributed by atoms with van der Waals surface area (Å²) in [6.07, 6.45) is -35.4. The van der Waals surface area contributed by atoms with Crippen molar-refractivity contribution in [2.24, 2.45) is 5.41 Å². The highest BCUT2D eigenvalue weighted by atomic mass is 32.2. The molecule has 0 spiro atoms. The predicted molar refractivity (Wildman–Crippen MR) is 50.1 cm³/mol. The smallest absolute Gasteiger partial charge is 0.433 e. The van der Waals surface area contributed by atoms with Crippen LogP contribution in [0, 0.1) is 5.41 Å². The van der Waals surface area contributed by atoms with Crippen LogP contribution < -0.4 is 0 Å². The summed E-state index contributed by atoms with van der Waals surface area (Å²) in [5, 5.41) is -8.47. The molecule has 0 aliphatic rings. The van der Waals surface area contributed by atoms with Gasteiger partial charge in [0.1, 0.15) is 0 Å². The third-order valence-corrected chi connectivity index (χ3v) is 4.18. The quantitative estimate of drug-likeness (QED) is 0.417. The summed E-state index contributed by atoms with van der Waals surface area (Å²) in [7, 11) is -8.55. The van der Waals surface area contributed by atoms with Crippen LogP contribution >= 0.6 is 0 Å². The molecule has 3 nitrogen and oxygen atoms in total. The molecule has 0 aromatic heterocycles. The van der Waals surface area contributed by atoms with Gasteiger partial charge in [0.15, 0.2) is 10.1 Å². The molecule has 29 heavy (non-hydrogen) atoms. The SMILES string of the molecule is O=S(=O)([O-])C(F)(F)C(F)(F)C(C(F)(F)F)(C(F)(F)F)C(F)(C(F)(F)F)C(F)(F)F. The van der Waals surface area contributed by atoms with Crippen LogP contribution in [-0.4, -0.2) is 54.5 Å². The van der Waals surface area contributed by atoms with E-state index in [-0.39, 0.29) is 0 Å². The van der Waals surface area contributed by atoms with Gasteiger partial charge in [-0.1, -0.05) is 0 Å². The molecule has 0 saturated carbocycles. The van der Waals surface area contributed by atoms with Crippen molar-refractivity contribution < 1.29 is 87.6 Å². The molecule has 0 saturated heterocycles. The molecule has 0 N–H and O–H groups in total. The van der Waals surface area contributed by atoms with Crippen LogP contribution in [0.15, 0.2) is 0 Å². The molecule has 0 aliphatic carbocycles. The zero-order valence-corrected chi connectivity index (χ0v) is 12.9. The first-order valence-electron chi connectivity index (χ1n) is 5.67. The molecular formula is C8F17O3S-. The van der Waals surface area contributed by atoms with E-state index in [9.17, 15) is 87.6 Å². The number of hydrogen-bond donors (Lipinski definition) is 0. The van der Waals surface area contributed by atoms with Crippen LogP contribution in [-0.2, 0) is 10.1 Å². The van der Waals surface area contributed by atoms with Gasteiger partial charge in [-0.05, 0) is 0 Å². The Balaban J connectivity index is 8.26. The fourth-order valence-corrected chi connectivity index (χ4v) is 2.55. The molecule has 21 heteroatoms. The standard InChI is InChI=1S/C8HF17O3S/c9-2(6(18,19)20,7(21,22)23)1(4(12,13)14,5(15,16)17)3(10,11)8(24,25)29(26,27)28/h(H,26,27,28)/p-1. The minimum atomic E-state index is -9.54. The normalized spacial score (nSPS) is 16.9. The Hall–Kier alpha value is -1.28. The van der Waals surface area contributed by atoms with Gasteiger partial charge < -0.3 is 4.55 Å². The van der Waals surface area contributed by atoms with Crippen LogP contribution in [0.25, 0.3) is 0 Å². The Morgan fingerprint density at radius 3 is 0.862 bits per heavy atom. The fourth-order valence-electron chi connectivity index (χ4n) is 2.08. The highest BCUT2D eigenvalue weighted by Crippen LogP contribution is 2.74. The molecule has 0 heterocycles. The summed E-state index contributed by atoms with van der Waals surface area (Å²) in [6, 6.07) is 0. The van der Waals surface area contributed by atoms with Gasteiger partial charge >= 0.3 is 41.6 Å². The lowest BCUT2D eigenvalue weighted by Crippen LogP contribution is -2.82. The molecule has 0 atom stereocenters. The summed E-state index contributed by atoms with van der Waals surface area (Å²) in [5.74, 6) is -9.24. The van der Waals surface area contributed by atoms with Crippen LogP contribution in [0.5, 0.6) is 0 Å². The highest BCUT2D eigenvalue weighted by Gasteiger charge is 3.04. The first-order valence-corrected chi connectivity index (χ1v) is 7.08. The average Bonchev–Trinajstić information content (AvgIpc) is 2.30. The van der Waals surface area contributed by atoms with Gasteiger partial charge in [-0.15, -0.1) is 0 Å². The number of alkyl halides is 17. The molecule has 0 aromatic carbocycles. The van der Waals surface area contributed by atoms with E-state index >= 15 is 0 Å². The van der Waals surface area contributed by atoms with E-state index in [4.69, 9.17) is 0 Å². The van der Waals surface area contributed by atoms with E-state index in [0.717, 1.165) is 0 Å². The fraction of sp³-hybridized carbons (Fsp3) is 1.00. The summed E-state index contributed by atoms with van der Waals surface area (Å²) >= 11 is 0. The first kappa shape index (κ1) is 27.7. The van der Waals surface area contributed by atoms with E-state index < -0.39 is 57.1 Å². The van der Waals surface area contributed by atoms with Crippen LogP contribution in [0.2, 0.25) is 0 Å². The Kier molecular flexibility index (Phi) is 6.08. The topological polar surface area (TPSA) is 57.2 Å². The molecule has 0 radical (unpaired) electrons. The number of rotatable bonds is 4. The van der Waals surface area contributed by atoms with Crippen molar-refractivity contribution in [1.29, 1.82) is 0 Å². The van der Waals surface area contributed by atoms with Gasteiger partial charge in [0.05, 0.1) is 0 Å². The molecule has 0 unspecified atom stereocenters. The summed E-state index contributed by atoms with van der Waals surface area (Å²) < 4.78 is 248. The van der Waals surface area contributed by atoms with Crippen molar-refractivity contribution in [2.45, 2.75) is 41.6 Å².